The first kappa shape index (κ1) is 40.7. The zero-order valence-corrected chi connectivity index (χ0v) is 33.2. The predicted octanol–water partition coefficient (Wildman–Crippen LogP) is 5.85. The highest BCUT2D eigenvalue weighted by Gasteiger charge is 2.31. The lowest BCUT2D eigenvalue weighted by atomic mass is 10.0. The molecule has 5 aromatic rings. The van der Waals surface area contributed by atoms with E-state index in [2.05, 4.69) is 26.8 Å². The van der Waals surface area contributed by atoms with Crippen LogP contribution in [0.4, 0.5) is 15.0 Å². The number of hydrogen-bond acceptors (Lipinski definition) is 11. The number of pyridine rings is 1. The molecule has 1 saturated heterocycles. The van der Waals surface area contributed by atoms with E-state index < -0.39 is 22.1 Å². The van der Waals surface area contributed by atoms with Crippen LogP contribution in [0.25, 0.3) is 21.8 Å². The van der Waals surface area contributed by atoms with Gasteiger partial charge in [-0.2, -0.15) is 5.10 Å². The fraction of sp³-hybridized carbons (Fsp3) is 0.350. The summed E-state index contributed by atoms with van der Waals surface area (Å²) in [5.74, 6) is -0.489. The van der Waals surface area contributed by atoms with Gasteiger partial charge in [0.1, 0.15) is 23.9 Å². The number of hydrogen-bond donors (Lipinski definition) is 2. The summed E-state index contributed by atoms with van der Waals surface area (Å²) >= 11 is 1.51. The van der Waals surface area contributed by atoms with Gasteiger partial charge in [0, 0.05) is 49.1 Å². The number of rotatable bonds is 17. The van der Waals surface area contributed by atoms with Crippen molar-refractivity contribution >= 4 is 39.2 Å². The largest absolute Gasteiger partial charge is 0.460 e. The number of benzene rings is 2. The maximum Gasteiger partial charge on any atom is 0.417 e. The molecular weight excluding hydrogens is 758 g/mol. The van der Waals surface area contributed by atoms with Gasteiger partial charge in [-0.1, -0.05) is 54.6 Å². The molecule has 4 heterocycles. The molecule has 3 aromatic heterocycles. The van der Waals surface area contributed by atoms with E-state index in [1.807, 2.05) is 47.8 Å². The number of likely N-dealkylation sites (tertiary alicyclic amines) is 1. The fourth-order valence-corrected chi connectivity index (χ4v) is 9.02. The van der Waals surface area contributed by atoms with Crippen LogP contribution in [0.2, 0.25) is 0 Å². The van der Waals surface area contributed by atoms with Crippen molar-refractivity contribution in [2.45, 2.75) is 39.1 Å². The Kier molecular flexibility index (Phi) is 13.6. The minimum atomic E-state index is -3.63. The van der Waals surface area contributed by atoms with E-state index in [0.717, 1.165) is 34.5 Å². The van der Waals surface area contributed by atoms with Gasteiger partial charge >= 0.3 is 12.1 Å². The lowest BCUT2D eigenvalue weighted by Crippen LogP contribution is -2.33. The van der Waals surface area contributed by atoms with Gasteiger partial charge < -0.3 is 14.8 Å². The number of esters is 1. The molecular formula is C40H46FN7O6S2. The first-order valence-electron chi connectivity index (χ1n) is 18.3. The molecule has 1 fully saturated rings. The highest BCUT2D eigenvalue weighted by atomic mass is 32.2. The summed E-state index contributed by atoms with van der Waals surface area (Å²) in [6, 6.07) is 23.3. The molecule has 1 aliphatic heterocycles. The molecule has 0 radical (unpaired) electrons. The molecule has 0 spiro atoms. The Labute approximate surface area is 330 Å². The third kappa shape index (κ3) is 10.2. The average molecular weight is 804 g/mol. The Balaban J connectivity index is 1.16. The van der Waals surface area contributed by atoms with E-state index >= 15 is 0 Å². The topological polar surface area (TPSA) is 148 Å². The number of nitrogens with zero attached hydrogens (tertiary/aromatic N) is 5. The van der Waals surface area contributed by atoms with Crippen LogP contribution in [0.1, 0.15) is 36.1 Å². The quantitative estimate of drug-likeness (QED) is 0.110. The number of sulfonamides is 1. The molecule has 13 nitrogen and oxygen atoms in total. The van der Waals surface area contributed by atoms with Gasteiger partial charge in [-0.3, -0.25) is 14.6 Å². The van der Waals surface area contributed by atoms with Crippen molar-refractivity contribution in [3.05, 3.63) is 113 Å². The monoisotopic (exact) mass is 803 g/mol. The van der Waals surface area contributed by atoms with Crippen LogP contribution in [-0.2, 0) is 44.1 Å². The van der Waals surface area contributed by atoms with Gasteiger partial charge in [0.05, 0.1) is 22.9 Å². The molecule has 6 rings (SSSR count). The number of carbonyl (C=O) groups is 2. The number of anilines is 1. The Morgan fingerprint density at radius 3 is 2.57 bits per heavy atom. The Bertz CT molecular complexity index is 2180. The van der Waals surface area contributed by atoms with Gasteiger partial charge in [-0.25, -0.2) is 32.0 Å². The smallest absolute Gasteiger partial charge is 0.417 e. The number of thiophene rings is 1. The van der Waals surface area contributed by atoms with E-state index in [0.29, 0.717) is 29.9 Å². The van der Waals surface area contributed by atoms with Gasteiger partial charge in [-0.05, 0) is 74.5 Å². The predicted molar refractivity (Wildman–Crippen MR) is 214 cm³/mol. The van der Waals surface area contributed by atoms with Crippen LogP contribution in [0.15, 0.2) is 90.4 Å². The molecule has 2 aromatic carbocycles. The maximum absolute atomic E-state index is 13.5. The maximum atomic E-state index is 13.5. The second kappa shape index (κ2) is 18.8. The Morgan fingerprint density at radius 1 is 1.05 bits per heavy atom. The standard InChI is InChI=1S/C40H46FN7O6S2/c1-28(30-13-15-33(41)16-14-30)47-21-18-29(24-47)26-56(51,52)44-20-17-34-37(35-12-8-22-55-35)45-48(38(34)31-9-5-4-6-10-31)27-54-40(50)46(3)39-32(11-7-19-43-39)25-53-36(49)23-42-2/h4-16,19,22,28-29,42,44H,17-18,20-21,23-27H2,1-3H3. The number of ether oxygens (including phenoxy) is 2. The lowest BCUT2D eigenvalue weighted by Gasteiger charge is -2.24. The Morgan fingerprint density at radius 2 is 1.84 bits per heavy atom. The zero-order chi connectivity index (χ0) is 39.7. The minimum absolute atomic E-state index is 0.00204. The average Bonchev–Trinajstić information content (AvgIpc) is 3.97. The second-order valence-corrected chi connectivity index (χ2v) is 16.4. The second-order valence-electron chi connectivity index (χ2n) is 13.6. The summed E-state index contributed by atoms with van der Waals surface area (Å²) in [4.78, 5) is 34.1. The number of likely N-dealkylation sites (N-methyl/N-ethyl adjacent to an activating group) is 1. The van der Waals surface area contributed by atoms with Crippen LogP contribution >= 0.6 is 11.3 Å². The van der Waals surface area contributed by atoms with Crippen molar-refractivity contribution < 1.29 is 31.9 Å². The van der Waals surface area contributed by atoms with Gasteiger partial charge in [0.15, 0.2) is 6.73 Å². The first-order chi connectivity index (χ1) is 27.0. The number of aromatic nitrogens is 3. The molecule has 2 N–H and O–H groups in total. The number of halogens is 1. The summed E-state index contributed by atoms with van der Waals surface area (Å²) in [5, 5.41) is 9.60. The van der Waals surface area contributed by atoms with Crippen LogP contribution < -0.4 is 14.9 Å². The number of nitrogens with one attached hydrogen (secondary N) is 2. The molecule has 2 unspecified atom stereocenters. The van der Waals surface area contributed by atoms with Gasteiger partial charge in [-0.15, -0.1) is 11.3 Å². The molecule has 1 amide bonds. The van der Waals surface area contributed by atoms with Crippen molar-refractivity contribution in [2.75, 3.05) is 50.9 Å². The minimum Gasteiger partial charge on any atom is -0.460 e. The summed E-state index contributed by atoms with van der Waals surface area (Å²) in [6.07, 6.45) is 1.91. The third-order valence-corrected chi connectivity index (χ3v) is 12.1. The third-order valence-electron chi connectivity index (χ3n) is 9.70. The summed E-state index contributed by atoms with van der Waals surface area (Å²) in [5.41, 5.74) is 4.51. The normalized spacial score (nSPS) is 15.1. The first-order valence-corrected chi connectivity index (χ1v) is 20.9. The molecule has 0 aliphatic carbocycles. The Hall–Kier alpha value is -5.00. The van der Waals surface area contributed by atoms with Crippen molar-refractivity contribution in [3.63, 3.8) is 0 Å². The highest BCUT2D eigenvalue weighted by molar-refractivity contribution is 7.89. The SMILES string of the molecule is CNCC(=O)OCc1cccnc1N(C)C(=O)OCn1nc(-c2cccs2)c(CCNS(=O)(=O)CC2CCN(C(C)c3ccc(F)cc3)C2)c1-c1ccccc1. The van der Waals surface area contributed by atoms with Crippen molar-refractivity contribution in [2.24, 2.45) is 5.92 Å². The van der Waals surface area contributed by atoms with Gasteiger partial charge in [0.25, 0.3) is 0 Å². The van der Waals surface area contributed by atoms with E-state index in [-0.39, 0.29) is 55.8 Å². The summed E-state index contributed by atoms with van der Waals surface area (Å²) in [6.45, 7) is 3.31. The number of amides is 1. The molecule has 16 heteroatoms. The van der Waals surface area contributed by atoms with E-state index in [1.165, 1.54) is 41.6 Å². The van der Waals surface area contributed by atoms with Crippen molar-refractivity contribution in [1.82, 2.24) is 29.7 Å². The molecule has 1 aliphatic rings. The molecule has 0 saturated carbocycles. The fourth-order valence-electron chi connectivity index (χ4n) is 6.86. The summed E-state index contributed by atoms with van der Waals surface area (Å²) < 4.78 is 55.9. The van der Waals surface area contributed by atoms with E-state index in [4.69, 9.17) is 14.6 Å². The molecule has 296 valence electrons. The highest BCUT2D eigenvalue weighted by Crippen LogP contribution is 2.35. The van der Waals surface area contributed by atoms with Gasteiger partial charge in [0.2, 0.25) is 10.0 Å². The van der Waals surface area contributed by atoms with E-state index in [1.54, 1.807) is 36.0 Å². The van der Waals surface area contributed by atoms with E-state index in [9.17, 15) is 22.4 Å². The molecule has 2 atom stereocenters. The van der Waals surface area contributed by atoms with Crippen LogP contribution in [0.3, 0.4) is 0 Å². The summed E-state index contributed by atoms with van der Waals surface area (Å²) in [7, 11) is -0.463. The van der Waals surface area contributed by atoms with Crippen LogP contribution in [0.5, 0.6) is 0 Å². The van der Waals surface area contributed by atoms with Crippen LogP contribution in [-0.4, -0.2) is 86.2 Å². The number of carbonyl (C=O) groups excluding carboxylic acids is 2. The van der Waals surface area contributed by atoms with Crippen molar-refractivity contribution in [1.29, 1.82) is 0 Å². The lowest BCUT2D eigenvalue weighted by molar-refractivity contribution is -0.143. The van der Waals surface area contributed by atoms with Crippen molar-refractivity contribution in [3.8, 4) is 21.8 Å². The molecule has 0 bridgehead atoms. The zero-order valence-electron chi connectivity index (χ0n) is 31.6. The van der Waals surface area contributed by atoms with Crippen LogP contribution in [0, 0.1) is 11.7 Å². The molecule has 56 heavy (non-hydrogen) atoms.